The minimum atomic E-state index is -1.43. The van der Waals surface area contributed by atoms with Crippen LogP contribution < -0.4 is 53.2 Å². The zero-order chi connectivity index (χ0) is 39.7. The molecule has 1 unspecified atom stereocenters. The second-order valence-corrected chi connectivity index (χ2v) is 12.6. The third kappa shape index (κ3) is 14.1. The molecular formula is C31H45N11O12. The Hall–Kier alpha value is -6.16. The molecule has 54 heavy (non-hydrogen) atoms. The molecular weight excluding hydrogens is 718 g/mol. The SMILES string of the molecule is O=C1CCN2C(=O)CNC(=O)CNC(=O)CNC(=O)CNC(=O)CNC(=O)CNC(=O)CNC(=O)CCNC(=O)CNC(=O)C3(CCCC3)NC(=O)C2C1. The molecule has 1 atom stereocenters. The predicted molar refractivity (Wildman–Crippen MR) is 181 cm³/mol. The molecule has 11 amide bonds. The normalized spacial score (nSPS) is 23.4. The van der Waals surface area contributed by atoms with Gasteiger partial charge < -0.3 is 58.1 Å². The number of carbonyl (C=O) groups is 12. The van der Waals surface area contributed by atoms with Crippen LogP contribution in [-0.2, 0) is 57.5 Å². The lowest BCUT2D eigenvalue weighted by Crippen LogP contribution is -2.63. The van der Waals surface area contributed by atoms with Gasteiger partial charge in [-0.05, 0) is 12.8 Å². The number of carbonyl (C=O) groups excluding carboxylic acids is 12. The third-order valence-corrected chi connectivity index (χ3v) is 8.50. The maximum absolute atomic E-state index is 13.5. The van der Waals surface area contributed by atoms with Crippen molar-refractivity contribution in [2.75, 3.05) is 65.4 Å². The molecule has 0 aromatic heterocycles. The van der Waals surface area contributed by atoms with Gasteiger partial charge in [-0.15, -0.1) is 0 Å². The lowest BCUT2D eigenvalue weighted by atomic mass is 9.93. The van der Waals surface area contributed by atoms with E-state index in [1.165, 1.54) is 0 Å². The monoisotopic (exact) mass is 763 g/mol. The summed E-state index contributed by atoms with van der Waals surface area (Å²) in [7, 11) is 0. The average Bonchev–Trinajstić information content (AvgIpc) is 3.63. The molecule has 0 aromatic rings. The molecule has 0 radical (unpaired) electrons. The van der Waals surface area contributed by atoms with E-state index in [0.29, 0.717) is 12.8 Å². The number of nitrogens with zero attached hydrogens (tertiary/aromatic N) is 1. The summed E-state index contributed by atoms with van der Waals surface area (Å²) < 4.78 is 0. The largest absolute Gasteiger partial charge is 0.354 e. The first-order chi connectivity index (χ1) is 25.7. The first-order valence-corrected chi connectivity index (χ1v) is 17.2. The number of hydrogen-bond acceptors (Lipinski definition) is 12. The second-order valence-electron chi connectivity index (χ2n) is 12.6. The smallest absolute Gasteiger partial charge is 0.246 e. The van der Waals surface area contributed by atoms with Crippen molar-refractivity contribution >= 4 is 70.8 Å². The first-order valence-electron chi connectivity index (χ1n) is 17.2. The van der Waals surface area contributed by atoms with Crippen LogP contribution >= 0.6 is 0 Å². The highest BCUT2D eigenvalue weighted by atomic mass is 16.2. The maximum atomic E-state index is 13.5. The summed E-state index contributed by atoms with van der Waals surface area (Å²) in [6.45, 7) is -4.62. The Bertz CT molecular complexity index is 1530. The van der Waals surface area contributed by atoms with Crippen LogP contribution in [0.15, 0.2) is 0 Å². The van der Waals surface area contributed by atoms with E-state index in [2.05, 4.69) is 53.2 Å². The second kappa shape index (κ2) is 20.8. The minimum absolute atomic E-state index is 0.0385. The van der Waals surface area contributed by atoms with Gasteiger partial charge in [-0.3, -0.25) is 57.5 Å². The summed E-state index contributed by atoms with van der Waals surface area (Å²) in [5.41, 5.74) is -1.43. The van der Waals surface area contributed by atoms with E-state index >= 15 is 0 Å². The van der Waals surface area contributed by atoms with E-state index in [1.807, 2.05) is 0 Å². The van der Waals surface area contributed by atoms with Crippen molar-refractivity contribution in [3.63, 3.8) is 0 Å². The van der Waals surface area contributed by atoms with Crippen molar-refractivity contribution in [1.82, 2.24) is 58.1 Å². The number of Topliss-reactive ketones (excluding diaryl/α,β-unsaturated/α-hetero) is 1. The van der Waals surface area contributed by atoms with Crippen LogP contribution in [-0.4, -0.2) is 153 Å². The molecule has 3 rings (SSSR count). The molecule has 1 aliphatic carbocycles. The maximum Gasteiger partial charge on any atom is 0.246 e. The van der Waals surface area contributed by atoms with Gasteiger partial charge in [0.1, 0.15) is 17.4 Å². The van der Waals surface area contributed by atoms with E-state index < -0.39 is 129 Å². The minimum Gasteiger partial charge on any atom is -0.354 e. The number of fused-ring (bicyclic) bond motifs is 1. The summed E-state index contributed by atoms with van der Waals surface area (Å²) in [6.07, 6.45) is 0.990. The van der Waals surface area contributed by atoms with Gasteiger partial charge in [0, 0.05) is 32.4 Å². The summed E-state index contributed by atoms with van der Waals surface area (Å²) >= 11 is 0. The molecule has 1 spiro atoms. The van der Waals surface area contributed by atoms with Crippen LogP contribution in [0, 0.1) is 0 Å². The topological polar surface area (TPSA) is 328 Å². The number of ketones is 1. The molecule has 10 N–H and O–H groups in total. The number of nitrogens with one attached hydrogen (secondary N) is 10. The molecule has 2 aliphatic heterocycles. The Labute approximate surface area is 308 Å². The van der Waals surface area contributed by atoms with Crippen LogP contribution in [0.25, 0.3) is 0 Å². The summed E-state index contributed by atoms with van der Waals surface area (Å²) in [5.74, 6) is -8.24. The Morgan fingerprint density at radius 2 is 0.870 bits per heavy atom. The quantitative estimate of drug-likeness (QED) is 0.110. The Balaban J connectivity index is 1.64. The number of hydrogen-bond donors (Lipinski definition) is 10. The lowest BCUT2D eigenvalue weighted by molar-refractivity contribution is -0.147. The summed E-state index contributed by atoms with van der Waals surface area (Å²) in [6, 6.07) is -1.28. The molecule has 2 heterocycles. The van der Waals surface area contributed by atoms with Crippen LogP contribution in [0.1, 0.15) is 44.9 Å². The Kier molecular flexibility index (Phi) is 16.3. The molecule has 23 nitrogen and oxygen atoms in total. The Morgan fingerprint density at radius 1 is 0.463 bits per heavy atom. The fourth-order valence-electron chi connectivity index (χ4n) is 5.59. The van der Waals surface area contributed by atoms with E-state index in [4.69, 9.17) is 0 Å². The lowest BCUT2D eigenvalue weighted by Gasteiger charge is -2.37. The van der Waals surface area contributed by atoms with E-state index in [0.717, 1.165) is 4.90 Å². The van der Waals surface area contributed by atoms with Crippen LogP contribution in [0.3, 0.4) is 0 Å². The fourth-order valence-corrected chi connectivity index (χ4v) is 5.59. The van der Waals surface area contributed by atoms with E-state index in [9.17, 15) is 57.5 Å². The van der Waals surface area contributed by atoms with Gasteiger partial charge in [0.2, 0.25) is 65.0 Å². The summed E-state index contributed by atoms with van der Waals surface area (Å²) in [5, 5.41) is 23.4. The molecule has 296 valence electrons. The summed E-state index contributed by atoms with van der Waals surface area (Å²) in [4.78, 5) is 150. The fraction of sp³-hybridized carbons (Fsp3) is 0.613. The highest BCUT2D eigenvalue weighted by Crippen LogP contribution is 2.30. The molecule has 0 aromatic carbocycles. The molecule has 0 bridgehead atoms. The highest BCUT2D eigenvalue weighted by Gasteiger charge is 2.45. The third-order valence-electron chi connectivity index (χ3n) is 8.50. The van der Waals surface area contributed by atoms with Crippen LogP contribution in [0.5, 0.6) is 0 Å². The van der Waals surface area contributed by atoms with Crippen molar-refractivity contribution in [1.29, 1.82) is 0 Å². The van der Waals surface area contributed by atoms with Gasteiger partial charge >= 0.3 is 0 Å². The van der Waals surface area contributed by atoms with Crippen molar-refractivity contribution < 1.29 is 57.5 Å². The van der Waals surface area contributed by atoms with Gasteiger partial charge in [0.15, 0.2) is 0 Å². The van der Waals surface area contributed by atoms with Crippen LogP contribution in [0.4, 0.5) is 0 Å². The standard InChI is InChI=1S/C31H45N11O12/c43-18-4-8-42-19(9-18)29(53)41-31(5-1-2-6-31)30(54)40-16-21(45)32-7-3-20(44)33-10-22(46)34-11-23(47)35-12-24(48)36-13-25(49)37-14-26(50)38-15-27(51)39-17-28(42)52/h19H,1-17H2,(H,32,45)(H,33,44)(H,34,46)(H,35,47)(H,36,48)(H,37,49)(H,38,50)(H,39,51)(H,40,54)(H,41,53). The molecule has 3 fully saturated rings. The van der Waals surface area contributed by atoms with Crippen molar-refractivity contribution in [3.8, 4) is 0 Å². The molecule has 2 saturated heterocycles. The number of amides is 11. The zero-order valence-corrected chi connectivity index (χ0v) is 29.4. The molecule has 1 saturated carbocycles. The van der Waals surface area contributed by atoms with Crippen molar-refractivity contribution in [3.05, 3.63) is 0 Å². The molecule has 23 heteroatoms. The van der Waals surface area contributed by atoms with Gasteiger partial charge in [-0.1, -0.05) is 12.8 Å². The Morgan fingerprint density at radius 3 is 1.35 bits per heavy atom. The van der Waals surface area contributed by atoms with Gasteiger partial charge in [0.25, 0.3) is 0 Å². The van der Waals surface area contributed by atoms with Crippen molar-refractivity contribution in [2.45, 2.75) is 56.5 Å². The average molecular weight is 764 g/mol. The van der Waals surface area contributed by atoms with E-state index in [-0.39, 0.29) is 51.0 Å². The first kappa shape index (κ1) is 42.3. The van der Waals surface area contributed by atoms with Gasteiger partial charge in [0.05, 0.1) is 52.4 Å². The highest BCUT2D eigenvalue weighted by molar-refractivity contribution is 6.00. The predicted octanol–water partition coefficient (Wildman–Crippen LogP) is -7.58. The number of rotatable bonds is 0. The van der Waals surface area contributed by atoms with Crippen molar-refractivity contribution in [2.24, 2.45) is 0 Å². The zero-order valence-electron chi connectivity index (χ0n) is 29.4. The van der Waals surface area contributed by atoms with Gasteiger partial charge in [-0.2, -0.15) is 0 Å². The van der Waals surface area contributed by atoms with Crippen LogP contribution in [0.2, 0.25) is 0 Å². The molecule has 3 aliphatic rings. The van der Waals surface area contributed by atoms with Gasteiger partial charge in [-0.25, -0.2) is 0 Å². The number of piperidine rings is 1. The van der Waals surface area contributed by atoms with E-state index in [1.54, 1.807) is 0 Å².